The summed E-state index contributed by atoms with van der Waals surface area (Å²) < 4.78 is 0. The number of amides is 1. The SMILES string of the molecule is Cc1ccccc1/C=C/C(=O)Nc1cc(C(C)C)[nH]n1. The molecule has 0 aliphatic carbocycles. The molecule has 1 aromatic carbocycles. The third-order valence-corrected chi connectivity index (χ3v) is 3.07. The highest BCUT2D eigenvalue weighted by Crippen LogP contribution is 2.15. The minimum atomic E-state index is -0.185. The Labute approximate surface area is 118 Å². The molecule has 0 unspecified atom stereocenters. The summed E-state index contributed by atoms with van der Waals surface area (Å²) in [5.74, 6) is 0.721. The Balaban J connectivity index is 2.00. The molecular formula is C16H19N3O. The van der Waals surface area contributed by atoms with E-state index >= 15 is 0 Å². The van der Waals surface area contributed by atoms with Crippen molar-refractivity contribution in [1.29, 1.82) is 0 Å². The minimum absolute atomic E-state index is 0.185. The summed E-state index contributed by atoms with van der Waals surface area (Å²) in [5, 5.41) is 9.70. The van der Waals surface area contributed by atoms with Crippen LogP contribution in [-0.2, 0) is 4.79 Å². The number of nitrogens with zero attached hydrogens (tertiary/aromatic N) is 1. The van der Waals surface area contributed by atoms with Gasteiger partial charge >= 0.3 is 0 Å². The van der Waals surface area contributed by atoms with Crippen molar-refractivity contribution in [3.63, 3.8) is 0 Å². The maximum absolute atomic E-state index is 11.8. The van der Waals surface area contributed by atoms with E-state index < -0.39 is 0 Å². The number of nitrogens with one attached hydrogen (secondary N) is 2. The van der Waals surface area contributed by atoms with Crippen molar-refractivity contribution in [3.05, 3.63) is 53.2 Å². The third kappa shape index (κ3) is 3.57. The second-order valence-electron chi connectivity index (χ2n) is 5.04. The Kier molecular flexibility index (Phi) is 4.35. The summed E-state index contributed by atoms with van der Waals surface area (Å²) in [4.78, 5) is 11.8. The number of carbonyl (C=O) groups excluding carboxylic acids is 1. The first-order chi connectivity index (χ1) is 9.56. The number of carbonyl (C=O) groups is 1. The first-order valence-electron chi connectivity index (χ1n) is 6.66. The van der Waals surface area contributed by atoms with Crippen LogP contribution < -0.4 is 5.32 Å². The quantitative estimate of drug-likeness (QED) is 0.835. The second kappa shape index (κ2) is 6.19. The third-order valence-electron chi connectivity index (χ3n) is 3.07. The van der Waals surface area contributed by atoms with Gasteiger partial charge in [-0.05, 0) is 30.0 Å². The van der Waals surface area contributed by atoms with Gasteiger partial charge in [0, 0.05) is 17.8 Å². The normalized spacial score (nSPS) is 11.2. The number of aromatic nitrogens is 2. The molecule has 2 rings (SSSR count). The second-order valence-corrected chi connectivity index (χ2v) is 5.04. The smallest absolute Gasteiger partial charge is 0.249 e. The van der Waals surface area contributed by atoms with Crippen molar-refractivity contribution in [2.24, 2.45) is 0 Å². The van der Waals surface area contributed by atoms with Crippen LogP contribution in [0.2, 0.25) is 0 Å². The fraction of sp³-hybridized carbons (Fsp3) is 0.250. The lowest BCUT2D eigenvalue weighted by Crippen LogP contribution is -2.07. The molecule has 4 heteroatoms. The number of H-pyrrole nitrogens is 1. The number of aryl methyl sites for hydroxylation is 1. The molecule has 1 heterocycles. The summed E-state index contributed by atoms with van der Waals surface area (Å²) in [5.41, 5.74) is 3.18. The van der Waals surface area contributed by atoms with E-state index in [0.717, 1.165) is 16.8 Å². The van der Waals surface area contributed by atoms with Gasteiger partial charge in [-0.1, -0.05) is 38.1 Å². The number of benzene rings is 1. The average Bonchev–Trinajstić information content (AvgIpc) is 2.86. The fourth-order valence-corrected chi connectivity index (χ4v) is 1.80. The predicted molar refractivity (Wildman–Crippen MR) is 81.5 cm³/mol. The summed E-state index contributed by atoms with van der Waals surface area (Å²) in [6, 6.07) is 9.77. The van der Waals surface area contributed by atoms with Crippen molar-refractivity contribution < 1.29 is 4.79 Å². The molecule has 1 amide bonds. The first kappa shape index (κ1) is 14.1. The first-order valence-corrected chi connectivity index (χ1v) is 6.66. The highest BCUT2D eigenvalue weighted by Gasteiger charge is 2.06. The molecule has 0 radical (unpaired) electrons. The van der Waals surface area contributed by atoms with E-state index in [4.69, 9.17) is 0 Å². The van der Waals surface area contributed by atoms with E-state index in [1.165, 1.54) is 6.08 Å². The largest absolute Gasteiger partial charge is 0.306 e. The number of aromatic amines is 1. The zero-order chi connectivity index (χ0) is 14.5. The zero-order valence-corrected chi connectivity index (χ0v) is 12.0. The lowest BCUT2D eigenvalue weighted by molar-refractivity contribution is -0.111. The van der Waals surface area contributed by atoms with Crippen LogP contribution in [0, 0.1) is 6.92 Å². The zero-order valence-electron chi connectivity index (χ0n) is 12.0. The van der Waals surface area contributed by atoms with E-state index in [2.05, 4.69) is 29.4 Å². The van der Waals surface area contributed by atoms with Gasteiger partial charge in [0.1, 0.15) is 0 Å². The molecule has 2 aromatic rings. The predicted octanol–water partition coefficient (Wildman–Crippen LogP) is 3.49. The summed E-state index contributed by atoms with van der Waals surface area (Å²) in [6.45, 7) is 6.15. The van der Waals surface area contributed by atoms with Crippen LogP contribution in [-0.4, -0.2) is 16.1 Å². The van der Waals surface area contributed by atoms with Gasteiger partial charge in [0.2, 0.25) is 5.91 Å². The molecule has 2 N–H and O–H groups in total. The van der Waals surface area contributed by atoms with Crippen LogP contribution in [0.5, 0.6) is 0 Å². The topological polar surface area (TPSA) is 57.8 Å². The van der Waals surface area contributed by atoms with E-state index in [9.17, 15) is 4.79 Å². The van der Waals surface area contributed by atoms with Crippen molar-refractivity contribution in [1.82, 2.24) is 10.2 Å². The average molecular weight is 269 g/mol. The maximum Gasteiger partial charge on any atom is 0.249 e. The highest BCUT2D eigenvalue weighted by atomic mass is 16.1. The van der Waals surface area contributed by atoms with Gasteiger partial charge in [-0.25, -0.2) is 0 Å². The Morgan fingerprint density at radius 2 is 2.10 bits per heavy atom. The summed E-state index contributed by atoms with van der Waals surface area (Å²) >= 11 is 0. The van der Waals surface area contributed by atoms with E-state index in [0.29, 0.717) is 11.7 Å². The number of rotatable bonds is 4. The van der Waals surface area contributed by atoms with Crippen LogP contribution in [0.4, 0.5) is 5.82 Å². The summed E-state index contributed by atoms with van der Waals surface area (Å²) in [6.07, 6.45) is 3.33. The number of anilines is 1. The van der Waals surface area contributed by atoms with Crippen LogP contribution in [0.15, 0.2) is 36.4 Å². The molecule has 0 atom stereocenters. The van der Waals surface area contributed by atoms with E-state index in [-0.39, 0.29) is 5.91 Å². The van der Waals surface area contributed by atoms with Crippen LogP contribution in [0.1, 0.15) is 36.6 Å². The number of hydrogen-bond acceptors (Lipinski definition) is 2. The molecular weight excluding hydrogens is 250 g/mol. The molecule has 20 heavy (non-hydrogen) atoms. The van der Waals surface area contributed by atoms with Gasteiger partial charge in [0.05, 0.1) is 0 Å². The fourth-order valence-electron chi connectivity index (χ4n) is 1.80. The van der Waals surface area contributed by atoms with Gasteiger partial charge in [-0.3, -0.25) is 9.89 Å². The Bertz CT molecular complexity index is 626. The number of hydrogen-bond donors (Lipinski definition) is 2. The Morgan fingerprint density at radius 3 is 2.75 bits per heavy atom. The van der Waals surface area contributed by atoms with Crippen LogP contribution >= 0.6 is 0 Å². The minimum Gasteiger partial charge on any atom is -0.306 e. The molecule has 0 saturated carbocycles. The molecule has 0 spiro atoms. The molecule has 104 valence electrons. The van der Waals surface area contributed by atoms with Crippen molar-refractivity contribution >= 4 is 17.8 Å². The van der Waals surface area contributed by atoms with E-state index in [1.54, 1.807) is 6.08 Å². The van der Waals surface area contributed by atoms with Crippen LogP contribution in [0.3, 0.4) is 0 Å². The Hall–Kier alpha value is -2.36. The van der Waals surface area contributed by atoms with Crippen molar-refractivity contribution in [2.45, 2.75) is 26.7 Å². The van der Waals surface area contributed by atoms with Gasteiger partial charge in [0.15, 0.2) is 5.82 Å². The maximum atomic E-state index is 11.8. The van der Waals surface area contributed by atoms with Gasteiger partial charge < -0.3 is 5.32 Å². The monoisotopic (exact) mass is 269 g/mol. The molecule has 0 aliphatic heterocycles. The molecule has 0 bridgehead atoms. The van der Waals surface area contributed by atoms with Gasteiger partial charge in [-0.15, -0.1) is 0 Å². The van der Waals surface area contributed by atoms with Crippen LogP contribution in [0.25, 0.3) is 6.08 Å². The molecule has 0 fully saturated rings. The molecule has 0 aliphatic rings. The van der Waals surface area contributed by atoms with Crippen molar-refractivity contribution in [3.8, 4) is 0 Å². The Morgan fingerprint density at radius 1 is 1.35 bits per heavy atom. The molecule has 1 aromatic heterocycles. The highest BCUT2D eigenvalue weighted by molar-refractivity contribution is 6.01. The van der Waals surface area contributed by atoms with Crippen molar-refractivity contribution in [2.75, 3.05) is 5.32 Å². The lowest BCUT2D eigenvalue weighted by atomic mass is 10.1. The molecule has 0 saturated heterocycles. The lowest BCUT2D eigenvalue weighted by Gasteiger charge is -1.99. The van der Waals surface area contributed by atoms with Gasteiger partial charge in [-0.2, -0.15) is 5.10 Å². The molecule has 4 nitrogen and oxygen atoms in total. The summed E-state index contributed by atoms with van der Waals surface area (Å²) in [7, 11) is 0. The standard InChI is InChI=1S/C16H19N3O/c1-11(2)14-10-15(19-18-14)17-16(20)9-8-13-7-5-4-6-12(13)3/h4-11H,1-3H3,(H2,17,18,19,20)/b9-8+. The van der Waals surface area contributed by atoms with Gasteiger partial charge in [0.25, 0.3) is 0 Å². The van der Waals surface area contributed by atoms with E-state index in [1.807, 2.05) is 37.3 Å².